The maximum Gasteiger partial charge on any atom is 0.268 e. The lowest BCUT2D eigenvalue weighted by atomic mass is 10.1. The van der Waals surface area contributed by atoms with E-state index in [0.717, 1.165) is 49.1 Å². The van der Waals surface area contributed by atoms with Crippen LogP contribution in [0, 0.1) is 0 Å². The van der Waals surface area contributed by atoms with Crippen molar-refractivity contribution in [3.8, 4) is 0 Å². The van der Waals surface area contributed by atoms with Crippen LogP contribution in [0.5, 0.6) is 0 Å². The largest absolute Gasteiger partial charge is 0.347 e. The van der Waals surface area contributed by atoms with E-state index in [1.165, 1.54) is 0 Å². The minimum Gasteiger partial charge on any atom is -0.347 e. The molecule has 0 spiro atoms. The molecule has 1 aromatic rings. The summed E-state index contributed by atoms with van der Waals surface area (Å²) in [5.41, 5.74) is 0.745. The average molecular weight is 314 g/mol. The molecular formula is C13H20BrN3O. The van der Waals surface area contributed by atoms with Gasteiger partial charge in [-0.25, -0.2) is 0 Å². The number of hydrogen-bond donors (Lipinski definition) is 2. The molecule has 2 N–H and O–H groups in total. The van der Waals surface area contributed by atoms with E-state index in [1.807, 2.05) is 16.8 Å². The summed E-state index contributed by atoms with van der Waals surface area (Å²) in [6.45, 7) is 4.92. The van der Waals surface area contributed by atoms with Crippen LogP contribution in [0.15, 0.2) is 16.7 Å². The van der Waals surface area contributed by atoms with Gasteiger partial charge in [-0.1, -0.05) is 6.92 Å². The topological polar surface area (TPSA) is 46.1 Å². The highest BCUT2D eigenvalue weighted by Crippen LogP contribution is 2.16. The fourth-order valence-electron chi connectivity index (χ4n) is 2.33. The monoisotopic (exact) mass is 313 g/mol. The van der Waals surface area contributed by atoms with Crippen molar-refractivity contribution >= 4 is 21.8 Å². The molecule has 0 bridgehead atoms. The van der Waals surface area contributed by atoms with E-state index < -0.39 is 0 Å². The molecule has 1 aliphatic rings. The van der Waals surface area contributed by atoms with Crippen molar-refractivity contribution in [2.24, 2.45) is 0 Å². The number of hydrogen-bond acceptors (Lipinski definition) is 2. The van der Waals surface area contributed by atoms with E-state index in [9.17, 15) is 4.79 Å². The SMILES string of the molecule is CCCn1cc(Br)cc1C(=O)NC1CCCNC1. The minimum atomic E-state index is 0.0304. The first-order valence-electron chi connectivity index (χ1n) is 6.58. The number of halogens is 1. The predicted molar refractivity (Wildman–Crippen MR) is 75.8 cm³/mol. The van der Waals surface area contributed by atoms with Gasteiger partial charge in [-0.05, 0) is 47.8 Å². The molecule has 1 unspecified atom stereocenters. The fourth-order valence-corrected chi connectivity index (χ4v) is 2.79. The second-order valence-electron chi connectivity index (χ2n) is 4.75. The predicted octanol–water partition coefficient (Wildman–Crippen LogP) is 2.14. The first-order chi connectivity index (χ1) is 8.70. The Balaban J connectivity index is 2.03. The minimum absolute atomic E-state index is 0.0304. The molecule has 1 atom stereocenters. The van der Waals surface area contributed by atoms with E-state index in [-0.39, 0.29) is 11.9 Å². The number of nitrogens with zero attached hydrogens (tertiary/aromatic N) is 1. The van der Waals surface area contributed by atoms with Crippen LogP contribution < -0.4 is 10.6 Å². The van der Waals surface area contributed by atoms with Gasteiger partial charge in [0.05, 0.1) is 0 Å². The molecule has 0 radical (unpaired) electrons. The van der Waals surface area contributed by atoms with Gasteiger partial charge in [0.1, 0.15) is 5.69 Å². The summed E-state index contributed by atoms with van der Waals surface area (Å²) in [7, 11) is 0. The summed E-state index contributed by atoms with van der Waals surface area (Å²) >= 11 is 3.43. The van der Waals surface area contributed by atoms with E-state index in [2.05, 4.69) is 33.5 Å². The van der Waals surface area contributed by atoms with E-state index in [1.54, 1.807) is 0 Å². The number of carbonyl (C=O) groups excluding carboxylic acids is 1. The summed E-state index contributed by atoms with van der Waals surface area (Å²) in [5.74, 6) is 0.0304. The maximum absolute atomic E-state index is 12.2. The van der Waals surface area contributed by atoms with Gasteiger partial charge in [-0.15, -0.1) is 0 Å². The van der Waals surface area contributed by atoms with Crippen molar-refractivity contribution in [2.75, 3.05) is 13.1 Å². The van der Waals surface area contributed by atoms with Crippen LogP contribution in [0.3, 0.4) is 0 Å². The average Bonchev–Trinajstić information content (AvgIpc) is 2.72. The summed E-state index contributed by atoms with van der Waals surface area (Å²) in [6.07, 6.45) is 5.18. The number of aromatic nitrogens is 1. The van der Waals surface area contributed by atoms with Crippen LogP contribution in [0.2, 0.25) is 0 Å². The first-order valence-corrected chi connectivity index (χ1v) is 7.37. The normalized spacial score (nSPS) is 19.8. The number of aryl methyl sites for hydroxylation is 1. The fraction of sp³-hybridized carbons (Fsp3) is 0.615. The standard InChI is InChI=1S/C13H20BrN3O/c1-2-6-17-9-10(14)7-12(17)13(18)16-11-4-3-5-15-8-11/h7,9,11,15H,2-6,8H2,1H3,(H,16,18). The molecule has 1 amide bonds. The Morgan fingerprint density at radius 3 is 3.17 bits per heavy atom. The molecule has 1 saturated heterocycles. The van der Waals surface area contributed by atoms with Crippen molar-refractivity contribution < 1.29 is 4.79 Å². The lowest BCUT2D eigenvalue weighted by molar-refractivity contribution is 0.0921. The molecule has 4 nitrogen and oxygen atoms in total. The van der Waals surface area contributed by atoms with Crippen LogP contribution in [-0.2, 0) is 6.54 Å². The Kier molecular flexibility index (Phi) is 4.83. The molecule has 0 saturated carbocycles. The highest BCUT2D eigenvalue weighted by molar-refractivity contribution is 9.10. The van der Waals surface area contributed by atoms with Gasteiger partial charge in [0.25, 0.3) is 5.91 Å². The third-order valence-corrected chi connectivity index (χ3v) is 3.63. The van der Waals surface area contributed by atoms with Crippen molar-refractivity contribution in [2.45, 2.75) is 38.8 Å². The Labute approximate surface area is 116 Å². The van der Waals surface area contributed by atoms with Crippen LogP contribution in [0.1, 0.15) is 36.7 Å². The number of amides is 1. The summed E-state index contributed by atoms with van der Waals surface area (Å²) < 4.78 is 2.97. The van der Waals surface area contributed by atoms with E-state index >= 15 is 0 Å². The quantitative estimate of drug-likeness (QED) is 0.894. The second kappa shape index (κ2) is 6.38. The molecule has 2 heterocycles. The first kappa shape index (κ1) is 13.6. The lowest BCUT2D eigenvalue weighted by Crippen LogP contribution is -2.46. The highest BCUT2D eigenvalue weighted by atomic mass is 79.9. The van der Waals surface area contributed by atoms with Gasteiger partial charge in [0.2, 0.25) is 0 Å². The molecule has 1 aromatic heterocycles. The third-order valence-electron chi connectivity index (χ3n) is 3.19. The maximum atomic E-state index is 12.2. The zero-order valence-corrected chi connectivity index (χ0v) is 12.3. The Morgan fingerprint density at radius 2 is 2.50 bits per heavy atom. The smallest absolute Gasteiger partial charge is 0.268 e. The molecular weight excluding hydrogens is 294 g/mol. The molecule has 2 rings (SSSR count). The summed E-state index contributed by atoms with van der Waals surface area (Å²) in [6, 6.07) is 2.15. The van der Waals surface area contributed by atoms with Gasteiger partial charge in [0.15, 0.2) is 0 Å². The lowest BCUT2D eigenvalue weighted by Gasteiger charge is -2.24. The van der Waals surface area contributed by atoms with Gasteiger partial charge < -0.3 is 15.2 Å². The summed E-state index contributed by atoms with van der Waals surface area (Å²) in [5, 5.41) is 6.41. The van der Waals surface area contributed by atoms with Crippen molar-refractivity contribution in [1.29, 1.82) is 0 Å². The zero-order valence-electron chi connectivity index (χ0n) is 10.7. The van der Waals surface area contributed by atoms with Crippen LogP contribution in [0.4, 0.5) is 0 Å². The molecule has 5 heteroatoms. The molecule has 1 aliphatic heterocycles. The van der Waals surface area contributed by atoms with Crippen LogP contribution in [-0.4, -0.2) is 29.6 Å². The number of piperidine rings is 1. The number of rotatable bonds is 4. The van der Waals surface area contributed by atoms with Crippen molar-refractivity contribution in [1.82, 2.24) is 15.2 Å². The Bertz CT molecular complexity index is 410. The van der Waals surface area contributed by atoms with Gasteiger partial charge in [-0.3, -0.25) is 4.79 Å². The van der Waals surface area contributed by atoms with E-state index in [4.69, 9.17) is 0 Å². The molecule has 0 aromatic carbocycles. The third kappa shape index (κ3) is 3.36. The van der Waals surface area contributed by atoms with Gasteiger partial charge in [-0.2, -0.15) is 0 Å². The van der Waals surface area contributed by atoms with Gasteiger partial charge >= 0.3 is 0 Å². The van der Waals surface area contributed by atoms with Crippen LogP contribution in [0.25, 0.3) is 0 Å². The van der Waals surface area contributed by atoms with Crippen molar-refractivity contribution in [3.63, 3.8) is 0 Å². The molecule has 18 heavy (non-hydrogen) atoms. The highest BCUT2D eigenvalue weighted by Gasteiger charge is 2.18. The zero-order chi connectivity index (χ0) is 13.0. The molecule has 100 valence electrons. The van der Waals surface area contributed by atoms with Crippen LogP contribution >= 0.6 is 15.9 Å². The Hall–Kier alpha value is -0.810. The second-order valence-corrected chi connectivity index (χ2v) is 5.67. The molecule has 1 fully saturated rings. The van der Waals surface area contributed by atoms with Crippen molar-refractivity contribution in [3.05, 3.63) is 22.4 Å². The van der Waals surface area contributed by atoms with Gasteiger partial charge in [0, 0.05) is 29.8 Å². The summed E-state index contributed by atoms with van der Waals surface area (Å²) in [4.78, 5) is 12.2. The number of nitrogens with one attached hydrogen (secondary N) is 2. The van der Waals surface area contributed by atoms with E-state index in [0.29, 0.717) is 0 Å². The number of carbonyl (C=O) groups is 1. The Morgan fingerprint density at radius 1 is 1.67 bits per heavy atom. The molecule has 0 aliphatic carbocycles.